The van der Waals surface area contributed by atoms with Crippen LogP contribution >= 0.6 is 0 Å². The van der Waals surface area contributed by atoms with Crippen molar-refractivity contribution in [3.8, 4) is 5.75 Å². The summed E-state index contributed by atoms with van der Waals surface area (Å²) in [4.78, 5) is 50.4. The van der Waals surface area contributed by atoms with Crippen LogP contribution in [0.5, 0.6) is 5.75 Å². The van der Waals surface area contributed by atoms with Gasteiger partial charge in [-0.15, -0.1) is 0 Å². The van der Waals surface area contributed by atoms with Gasteiger partial charge in [-0.3, -0.25) is 24.6 Å². The van der Waals surface area contributed by atoms with Crippen molar-refractivity contribution >= 4 is 23.6 Å². The zero-order valence-electron chi connectivity index (χ0n) is 25.3. The molecule has 4 amide bonds. The second-order valence-electron chi connectivity index (χ2n) is 11.2. The molecule has 0 heterocycles. The maximum absolute atomic E-state index is 13.4. The molecule has 2 aromatic rings. The molecule has 3 atom stereocenters. The van der Waals surface area contributed by atoms with Crippen molar-refractivity contribution in [2.24, 2.45) is 11.8 Å². The van der Waals surface area contributed by atoms with Crippen LogP contribution in [0.4, 0.5) is 0 Å². The lowest BCUT2D eigenvalue weighted by Gasteiger charge is -2.35. The van der Waals surface area contributed by atoms with E-state index >= 15 is 0 Å². The van der Waals surface area contributed by atoms with Crippen LogP contribution in [0.15, 0.2) is 54.6 Å². The first-order valence-corrected chi connectivity index (χ1v) is 14.2. The normalized spacial score (nSPS) is 14.1. The number of aryl methyl sites for hydroxylation is 1. The summed E-state index contributed by atoms with van der Waals surface area (Å²) >= 11 is 0. The zero-order valence-corrected chi connectivity index (χ0v) is 25.3. The smallest absolute Gasteiger partial charge is 0.273 e. The van der Waals surface area contributed by atoms with E-state index in [9.17, 15) is 29.4 Å². The van der Waals surface area contributed by atoms with Crippen molar-refractivity contribution in [3.63, 3.8) is 0 Å². The molecular weight excluding hydrogens is 538 g/mol. The lowest BCUT2D eigenvalue weighted by Crippen LogP contribution is -2.64. The molecule has 0 saturated heterocycles. The molecule has 6 N–H and O–H groups in total. The Bertz CT molecular complexity index is 1190. The number of phenols is 1. The topological polar surface area (TPSA) is 160 Å². The van der Waals surface area contributed by atoms with Crippen LogP contribution in [-0.4, -0.2) is 63.2 Å². The van der Waals surface area contributed by atoms with E-state index < -0.39 is 41.4 Å². The predicted molar refractivity (Wildman–Crippen MR) is 159 cm³/mol. The fraction of sp³-hybridized carbons (Fsp3) is 0.484. The Kier molecular flexibility index (Phi) is 12.9. The molecule has 230 valence electrons. The highest BCUT2D eigenvalue weighted by molar-refractivity contribution is 5.89. The van der Waals surface area contributed by atoms with E-state index in [4.69, 9.17) is 0 Å². The van der Waals surface area contributed by atoms with E-state index in [0.29, 0.717) is 12.8 Å². The number of hydrogen-bond acceptors (Lipinski definition) is 7. The fourth-order valence-electron chi connectivity index (χ4n) is 4.44. The quantitative estimate of drug-likeness (QED) is 0.138. The molecule has 0 aliphatic rings. The van der Waals surface area contributed by atoms with Crippen LogP contribution in [0.1, 0.15) is 59.1 Å². The van der Waals surface area contributed by atoms with Crippen molar-refractivity contribution in [1.29, 1.82) is 0 Å². The summed E-state index contributed by atoms with van der Waals surface area (Å²) in [6.45, 7) is 9.81. The molecule has 0 fully saturated rings. The summed E-state index contributed by atoms with van der Waals surface area (Å²) in [5, 5.41) is 30.4. The summed E-state index contributed by atoms with van der Waals surface area (Å²) in [7, 11) is 0. The third-order valence-corrected chi connectivity index (χ3v) is 6.83. The number of amides is 4. The Morgan fingerprint density at radius 2 is 1.48 bits per heavy atom. The summed E-state index contributed by atoms with van der Waals surface area (Å²) in [5.74, 6) is -2.82. The molecule has 0 aliphatic carbocycles. The van der Waals surface area contributed by atoms with E-state index in [2.05, 4.69) is 21.4 Å². The summed E-state index contributed by atoms with van der Waals surface area (Å²) in [6.07, 6.45) is 1.04. The predicted octanol–water partition coefficient (Wildman–Crippen LogP) is 1.98. The standard InChI is InChI=1S/C31H45N5O6/c1-20(2)28(32-22(5)37)29(40)35-36(18-25-13-16-27(39)17-14-25)19-26(15-12-24-10-8-7-9-11-24)33-30(41)31(42,21(3)4)34-23(6)38/h7-11,13-14,16-17,20-21,26,28,39,42H,12,15,18-19H2,1-6H3,(H,32,37)(H,33,41)(H,34,38)(H,35,40)/t26-,28-,31+/m0/s1. The van der Waals surface area contributed by atoms with Crippen molar-refractivity contribution in [2.45, 2.75) is 78.7 Å². The SMILES string of the molecule is CC(=O)N[C@H](C(=O)NN(Cc1ccc(O)cc1)C[C@H](CCc1ccccc1)NC(=O)[C@@](O)(NC(C)=O)C(C)C)C(C)C. The molecule has 2 rings (SSSR count). The minimum Gasteiger partial charge on any atom is -0.508 e. The van der Waals surface area contributed by atoms with Crippen molar-refractivity contribution in [3.05, 3.63) is 65.7 Å². The van der Waals surface area contributed by atoms with Crippen LogP contribution in [-0.2, 0) is 32.1 Å². The Morgan fingerprint density at radius 3 is 2.00 bits per heavy atom. The summed E-state index contributed by atoms with van der Waals surface area (Å²) < 4.78 is 0. The molecular formula is C31H45N5O6. The van der Waals surface area contributed by atoms with Gasteiger partial charge in [0.15, 0.2) is 0 Å². The third-order valence-electron chi connectivity index (χ3n) is 6.83. The average molecular weight is 584 g/mol. The van der Waals surface area contributed by atoms with E-state index in [0.717, 1.165) is 11.1 Å². The minimum absolute atomic E-state index is 0.0961. The maximum atomic E-state index is 13.4. The van der Waals surface area contributed by atoms with E-state index in [1.807, 2.05) is 44.2 Å². The number of hydrogen-bond donors (Lipinski definition) is 6. The average Bonchev–Trinajstić information content (AvgIpc) is 2.91. The summed E-state index contributed by atoms with van der Waals surface area (Å²) in [6, 6.07) is 14.8. The number of hydrazine groups is 1. The van der Waals surface area contributed by atoms with Crippen molar-refractivity contribution in [1.82, 2.24) is 26.4 Å². The minimum atomic E-state index is -2.14. The van der Waals surface area contributed by atoms with E-state index in [1.54, 1.807) is 31.0 Å². The van der Waals surface area contributed by atoms with Gasteiger partial charge in [-0.1, -0.05) is 70.2 Å². The molecule has 0 radical (unpaired) electrons. The number of aromatic hydroxyl groups is 1. The number of rotatable bonds is 15. The van der Waals surface area contributed by atoms with Gasteiger partial charge in [0.25, 0.3) is 11.8 Å². The molecule has 0 aromatic heterocycles. The molecule has 0 saturated carbocycles. The molecule has 42 heavy (non-hydrogen) atoms. The highest BCUT2D eigenvalue weighted by atomic mass is 16.3. The van der Waals surface area contributed by atoms with Gasteiger partial charge in [0.1, 0.15) is 11.8 Å². The number of carbonyl (C=O) groups excluding carboxylic acids is 4. The lowest BCUT2D eigenvalue weighted by atomic mass is 9.97. The molecule has 0 spiro atoms. The van der Waals surface area contributed by atoms with Gasteiger partial charge in [0, 0.05) is 38.9 Å². The zero-order chi connectivity index (χ0) is 31.4. The number of nitrogens with zero attached hydrogens (tertiary/aromatic N) is 1. The molecule has 0 unspecified atom stereocenters. The fourth-order valence-corrected chi connectivity index (χ4v) is 4.44. The maximum Gasteiger partial charge on any atom is 0.273 e. The van der Waals surface area contributed by atoms with Crippen LogP contribution in [0, 0.1) is 11.8 Å². The second-order valence-corrected chi connectivity index (χ2v) is 11.2. The number of phenolic OH excluding ortho intramolecular Hbond substituents is 1. The second kappa shape index (κ2) is 15.9. The largest absolute Gasteiger partial charge is 0.508 e. The highest BCUT2D eigenvalue weighted by Gasteiger charge is 2.41. The van der Waals surface area contributed by atoms with Gasteiger partial charge in [0.05, 0.1) is 0 Å². The number of nitrogens with one attached hydrogen (secondary N) is 4. The van der Waals surface area contributed by atoms with Gasteiger partial charge in [0.2, 0.25) is 17.5 Å². The first-order chi connectivity index (χ1) is 19.7. The molecule has 11 heteroatoms. The van der Waals surface area contributed by atoms with Crippen molar-refractivity contribution in [2.75, 3.05) is 6.54 Å². The van der Waals surface area contributed by atoms with Crippen LogP contribution in [0.25, 0.3) is 0 Å². The van der Waals surface area contributed by atoms with Crippen molar-refractivity contribution < 1.29 is 29.4 Å². The first-order valence-electron chi connectivity index (χ1n) is 14.2. The Labute approximate surface area is 248 Å². The monoisotopic (exact) mass is 583 g/mol. The van der Waals surface area contributed by atoms with Crippen LogP contribution in [0.2, 0.25) is 0 Å². The Morgan fingerprint density at radius 1 is 0.857 bits per heavy atom. The van der Waals surface area contributed by atoms with Gasteiger partial charge in [-0.05, 0) is 42.0 Å². The lowest BCUT2D eigenvalue weighted by molar-refractivity contribution is -0.155. The van der Waals surface area contributed by atoms with Crippen LogP contribution in [0.3, 0.4) is 0 Å². The van der Waals surface area contributed by atoms with E-state index in [1.165, 1.54) is 26.0 Å². The molecule has 11 nitrogen and oxygen atoms in total. The molecule has 0 bridgehead atoms. The third kappa shape index (κ3) is 10.8. The first kappa shape index (κ1) is 34.2. The van der Waals surface area contributed by atoms with Gasteiger partial charge >= 0.3 is 0 Å². The Hall–Kier alpha value is -3.96. The van der Waals surface area contributed by atoms with Crippen LogP contribution < -0.4 is 21.4 Å². The number of aliphatic hydroxyl groups is 1. The van der Waals surface area contributed by atoms with E-state index in [-0.39, 0.29) is 30.7 Å². The molecule has 0 aliphatic heterocycles. The van der Waals surface area contributed by atoms with Gasteiger partial charge < -0.3 is 26.2 Å². The molecule has 2 aromatic carbocycles. The number of benzene rings is 2. The Balaban J connectivity index is 2.40. The number of carbonyl (C=O) groups is 4. The van der Waals surface area contributed by atoms with Gasteiger partial charge in [-0.2, -0.15) is 0 Å². The highest BCUT2D eigenvalue weighted by Crippen LogP contribution is 2.17. The summed E-state index contributed by atoms with van der Waals surface area (Å²) in [5.41, 5.74) is 2.57. The van der Waals surface area contributed by atoms with Gasteiger partial charge in [-0.25, -0.2) is 5.01 Å².